The number of amides is 2. The van der Waals surface area contributed by atoms with Crippen molar-refractivity contribution < 1.29 is 9.59 Å². The standard InChI is InChI=1S/C14H18N2O2/c1-9-10(2)14(18)16(13(9)17)12-7-5-4-6-11(12)8-15-3/h4-7,9-10,15H,8H2,1-3H3. The molecule has 1 N–H and O–H groups in total. The minimum atomic E-state index is -0.236. The summed E-state index contributed by atoms with van der Waals surface area (Å²) < 4.78 is 0. The summed E-state index contributed by atoms with van der Waals surface area (Å²) in [4.78, 5) is 25.7. The van der Waals surface area contributed by atoms with Crippen LogP contribution in [0.3, 0.4) is 0 Å². The minimum absolute atomic E-state index is 0.101. The highest BCUT2D eigenvalue weighted by atomic mass is 16.2. The molecule has 1 heterocycles. The first-order valence-electron chi connectivity index (χ1n) is 6.18. The molecule has 4 nitrogen and oxygen atoms in total. The van der Waals surface area contributed by atoms with Gasteiger partial charge in [-0.05, 0) is 18.7 Å². The average Bonchev–Trinajstić information content (AvgIpc) is 2.56. The maximum Gasteiger partial charge on any atom is 0.237 e. The van der Waals surface area contributed by atoms with E-state index in [0.29, 0.717) is 12.2 Å². The van der Waals surface area contributed by atoms with Crippen molar-refractivity contribution in [2.75, 3.05) is 11.9 Å². The monoisotopic (exact) mass is 246 g/mol. The van der Waals surface area contributed by atoms with Crippen LogP contribution in [0.4, 0.5) is 5.69 Å². The summed E-state index contributed by atoms with van der Waals surface area (Å²) in [5.41, 5.74) is 1.67. The van der Waals surface area contributed by atoms with Crippen molar-refractivity contribution in [3.8, 4) is 0 Å². The molecule has 0 bridgehead atoms. The van der Waals surface area contributed by atoms with Crippen LogP contribution in [0.1, 0.15) is 19.4 Å². The van der Waals surface area contributed by atoms with Crippen molar-refractivity contribution >= 4 is 17.5 Å². The van der Waals surface area contributed by atoms with Gasteiger partial charge in [0.1, 0.15) is 0 Å². The summed E-state index contributed by atoms with van der Waals surface area (Å²) in [6, 6.07) is 7.52. The first-order valence-corrected chi connectivity index (χ1v) is 6.18. The number of carbonyl (C=O) groups is 2. The molecular formula is C14H18N2O2. The molecule has 1 aromatic rings. The smallest absolute Gasteiger partial charge is 0.237 e. The molecule has 18 heavy (non-hydrogen) atoms. The molecule has 2 unspecified atom stereocenters. The summed E-state index contributed by atoms with van der Waals surface area (Å²) in [5, 5.41) is 3.05. The predicted octanol–water partition coefficient (Wildman–Crippen LogP) is 1.55. The van der Waals surface area contributed by atoms with Crippen molar-refractivity contribution in [3.63, 3.8) is 0 Å². The van der Waals surface area contributed by atoms with Crippen LogP contribution in [-0.2, 0) is 16.1 Å². The molecule has 0 aliphatic carbocycles. The fourth-order valence-electron chi connectivity index (χ4n) is 2.25. The lowest BCUT2D eigenvalue weighted by Crippen LogP contribution is -2.32. The van der Waals surface area contributed by atoms with Gasteiger partial charge < -0.3 is 5.32 Å². The van der Waals surface area contributed by atoms with Gasteiger partial charge in [0.05, 0.1) is 5.69 Å². The molecule has 2 rings (SSSR count). The van der Waals surface area contributed by atoms with E-state index in [4.69, 9.17) is 0 Å². The first-order chi connectivity index (χ1) is 8.57. The number of hydrogen-bond acceptors (Lipinski definition) is 3. The summed E-state index contributed by atoms with van der Waals surface area (Å²) in [6.45, 7) is 4.26. The summed E-state index contributed by atoms with van der Waals surface area (Å²) in [7, 11) is 1.84. The van der Waals surface area contributed by atoms with Gasteiger partial charge in [-0.15, -0.1) is 0 Å². The molecule has 0 radical (unpaired) electrons. The molecule has 1 aromatic carbocycles. The average molecular weight is 246 g/mol. The Bertz CT molecular complexity index is 464. The Morgan fingerprint density at radius 2 is 1.67 bits per heavy atom. The topological polar surface area (TPSA) is 49.4 Å². The molecule has 96 valence electrons. The van der Waals surface area contributed by atoms with Gasteiger partial charge >= 0.3 is 0 Å². The molecule has 1 fully saturated rings. The number of nitrogens with one attached hydrogen (secondary N) is 1. The van der Waals surface area contributed by atoms with E-state index in [1.807, 2.05) is 45.2 Å². The van der Waals surface area contributed by atoms with Crippen molar-refractivity contribution in [1.82, 2.24) is 5.32 Å². The van der Waals surface area contributed by atoms with E-state index < -0.39 is 0 Å². The molecule has 0 saturated carbocycles. The molecule has 2 atom stereocenters. The van der Waals surface area contributed by atoms with Crippen molar-refractivity contribution in [2.45, 2.75) is 20.4 Å². The SMILES string of the molecule is CNCc1ccccc1N1C(=O)C(C)C(C)C1=O. The van der Waals surface area contributed by atoms with Crippen molar-refractivity contribution in [3.05, 3.63) is 29.8 Å². The third kappa shape index (κ3) is 1.93. The van der Waals surface area contributed by atoms with E-state index in [1.54, 1.807) is 0 Å². The number of carbonyl (C=O) groups excluding carboxylic acids is 2. The summed E-state index contributed by atoms with van der Waals surface area (Å²) in [6.07, 6.45) is 0. The molecule has 1 aliphatic heterocycles. The fraction of sp³-hybridized carbons (Fsp3) is 0.429. The number of hydrogen-bond donors (Lipinski definition) is 1. The van der Waals surface area contributed by atoms with Gasteiger partial charge in [-0.3, -0.25) is 9.59 Å². The number of para-hydroxylation sites is 1. The van der Waals surface area contributed by atoms with Crippen LogP contribution in [0.15, 0.2) is 24.3 Å². The molecule has 2 amide bonds. The number of benzene rings is 1. The lowest BCUT2D eigenvalue weighted by molar-refractivity contribution is -0.122. The van der Waals surface area contributed by atoms with Crippen LogP contribution in [0.5, 0.6) is 0 Å². The second-order valence-electron chi connectivity index (χ2n) is 4.75. The highest BCUT2D eigenvalue weighted by molar-refractivity contribution is 6.22. The highest BCUT2D eigenvalue weighted by Gasteiger charge is 2.43. The Morgan fingerprint density at radius 1 is 1.11 bits per heavy atom. The lowest BCUT2D eigenvalue weighted by atomic mass is 10.00. The second kappa shape index (κ2) is 4.90. The van der Waals surface area contributed by atoms with Gasteiger partial charge in [0, 0.05) is 18.4 Å². The predicted molar refractivity (Wildman–Crippen MR) is 70.0 cm³/mol. The Labute approximate surface area is 107 Å². The Hall–Kier alpha value is -1.68. The quantitative estimate of drug-likeness (QED) is 0.823. The maximum atomic E-state index is 12.2. The summed E-state index contributed by atoms with van der Waals surface area (Å²) >= 11 is 0. The van der Waals surface area contributed by atoms with Crippen LogP contribution >= 0.6 is 0 Å². The first kappa shape index (κ1) is 12.8. The van der Waals surface area contributed by atoms with Crippen LogP contribution < -0.4 is 10.2 Å². The number of anilines is 1. The zero-order valence-electron chi connectivity index (χ0n) is 10.9. The van der Waals surface area contributed by atoms with Crippen LogP contribution in [0.25, 0.3) is 0 Å². The lowest BCUT2D eigenvalue weighted by Gasteiger charge is -2.18. The zero-order chi connectivity index (χ0) is 13.3. The minimum Gasteiger partial charge on any atom is -0.316 e. The number of imide groups is 1. The van der Waals surface area contributed by atoms with Gasteiger partial charge in [0.15, 0.2) is 0 Å². The third-order valence-electron chi connectivity index (χ3n) is 3.57. The molecule has 4 heteroatoms. The molecule has 1 aliphatic rings. The largest absolute Gasteiger partial charge is 0.316 e. The Kier molecular flexibility index (Phi) is 3.48. The summed E-state index contributed by atoms with van der Waals surface area (Å²) in [5.74, 6) is -0.674. The van der Waals surface area contributed by atoms with Crippen LogP contribution in [-0.4, -0.2) is 18.9 Å². The van der Waals surface area contributed by atoms with E-state index in [2.05, 4.69) is 5.32 Å². The van der Waals surface area contributed by atoms with Crippen LogP contribution in [0.2, 0.25) is 0 Å². The highest BCUT2D eigenvalue weighted by Crippen LogP contribution is 2.32. The Morgan fingerprint density at radius 3 is 2.22 bits per heavy atom. The van der Waals surface area contributed by atoms with Gasteiger partial charge in [-0.2, -0.15) is 0 Å². The van der Waals surface area contributed by atoms with E-state index >= 15 is 0 Å². The Balaban J connectivity index is 2.43. The molecule has 0 aromatic heterocycles. The molecule has 1 saturated heterocycles. The van der Waals surface area contributed by atoms with Gasteiger partial charge in [0.2, 0.25) is 11.8 Å². The van der Waals surface area contributed by atoms with E-state index in [0.717, 1.165) is 5.56 Å². The van der Waals surface area contributed by atoms with E-state index in [9.17, 15) is 9.59 Å². The number of nitrogens with zero attached hydrogens (tertiary/aromatic N) is 1. The second-order valence-corrected chi connectivity index (χ2v) is 4.75. The van der Waals surface area contributed by atoms with E-state index in [-0.39, 0.29) is 23.7 Å². The molecular weight excluding hydrogens is 228 g/mol. The zero-order valence-corrected chi connectivity index (χ0v) is 10.9. The van der Waals surface area contributed by atoms with Gasteiger partial charge in [-0.1, -0.05) is 32.0 Å². The van der Waals surface area contributed by atoms with Gasteiger partial charge in [-0.25, -0.2) is 4.90 Å². The normalized spacial score (nSPS) is 23.8. The van der Waals surface area contributed by atoms with Crippen molar-refractivity contribution in [1.29, 1.82) is 0 Å². The van der Waals surface area contributed by atoms with Gasteiger partial charge in [0.25, 0.3) is 0 Å². The fourth-order valence-corrected chi connectivity index (χ4v) is 2.25. The number of rotatable bonds is 3. The third-order valence-corrected chi connectivity index (χ3v) is 3.57. The molecule has 0 spiro atoms. The van der Waals surface area contributed by atoms with E-state index in [1.165, 1.54) is 4.90 Å². The van der Waals surface area contributed by atoms with Crippen molar-refractivity contribution in [2.24, 2.45) is 11.8 Å². The van der Waals surface area contributed by atoms with Crippen LogP contribution in [0, 0.1) is 11.8 Å². The maximum absolute atomic E-state index is 12.2.